The Hall–Kier alpha value is -1.42. The third kappa shape index (κ3) is 2.39. The molecule has 1 aromatic carbocycles. The first-order valence-electron chi connectivity index (χ1n) is 4.93. The van der Waals surface area contributed by atoms with Crippen molar-refractivity contribution in [3.8, 4) is 0 Å². The van der Waals surface area contributed by atoms with Crippen LogP contribution in [0.2, 0.25) is 0 Å². The van der Waals surface area contributed by atoms with Crippen LogP contribution < -0.4 is 5.69 Å². The number of hydrogen-bond acceptors (Lipinski definition) is 2. The van der Waals surface area contributed by atoms with Crippen LogP contribution in [0.15, 0.2) is 45.9 Å². The summed E-state index contributed by atoms with van der Waals surface area (Å²) in [6.45, 7) is 2.46. The molecule has 0 N–H and O–H groups in total. The molecule has 2 rings (SSSR count). The Morgan fingerprint density at radius 3 is 2.88 bits per heavy atom. The first-order chi connectivity index (χ1) is 7.66. The predicted octanol–water partition coefficient (Wildman–Crippen LogP) is 2.36. The van der Waals surface area contributed by atoms with Gasteiger partial charge in [-0.2, -0.15) is 0 Å². The summed E-state index contributed by atoms with van der Waals surface area (Å²) in [6.07, 6.45) is 3.40. The standard InChI is InChI=1S/C12H11BrN2O/c1-9-6-14-12(16)15(7-9)8-10-4-2-3-5-11(10)13/h2-7H,8H2,1H3. The van der Waals surface area contributed by atoms with Crippen LogP contribution in [0.3, 0.4) is 0 Å². The van der Waals surface area contributed by atoms with E-state index in [0.717, 1.165) is 15.6 Å². The average molecular weight is 279 g/mol. The molecule has 0 unspecified atom stereocenters. The fourth-order valence-electron chi connectivity index (χ4n) is 1.49. The van der Waals surface area contributed by atoms with Gasteiger partial charge in [-0.1, -0.05) is 34.1 Å². The molecule has 82 valence electrons. The molecule has 1 heterocycles. The molecule has 3 nitrogen and oxygen atoms in total. The monoisotopic (exact) mass is 278 g/mol. The second kappa shape index (κ2) is 4.61. The van der Waals surface area contributed by atoms with Crippen molar-refractivity contribution in [2.45, 2.75) is 13.5 Å². The molecule has 0 fully saturated rings. The zero-order valence-electron chi connectivity index (χ0n) is 8.85. The normalized spacial score (nSPS) is 10.4. The van der Waals surface area contributed by atoms with Gasteiger partial charge in [0, 0.05) is 16.9 Å². The summed E-state index contributed by atoms with van der Waals surface area (Å²) in [7, 11) is 0. The number of hydrogen-bond donors (Lipinski definition) is 0. The summed E-state index contributed by atoms with van der Waals surface area (Å²) >= 11 is 3.46. The van der Waals surface area contributed by atoms with Crippen molar-refractivity contribution in [2.75, 3.05) is 0 Å². The highest BCUT2D eigenvalue weighted by atomic mass is 79.9. The third-order valence-electron chi connectivity index (χ3n) is 2.28. The summed E-state index contributed by atoms with van der Waals surface area (Å²) < 4.78 is 2.61. The number of aryl methyl sites for hydroxylation is 1. The second-order valence-corrected chi connectivity index (χ2v) is 4.49. The molecular formula is C12H11BrN2O. The quantitative estimate of drug-likeness (QED) is 0.845. The first-order valence-corrected chi connectivity index (χ1v) is 5.72. The molecule has 0 radical (unpaired) electrons. The van der Waals surface area contributed by atoms with E-state index in [4.69, 9.17) is 0 Å². The van der Waals surface area contributed by atoms with Gasteiger partial charge in [-0.15, -0.1) is 0 Å². The maximum Gasteiger partial charge on any atom is 0.347 e. The lowest BCUT2D eigenvalue weighted by Gasteiger charge is -2.07. The summed E-state index contributed by atoms with van der Waals surface area (Å²) in [5.41, 5.74) is 1.82. The minimum absolute atomic E-state index is 0.221. The van der Waals surface area contributed by atoms with Gasteiger partial charge >= 0.3 is 5.69 Å². The number of aromatic nitrogens is 2. The van der Waals surface area contributed by atoms with E-state index in [1.54, 1.807) is 10.8 Å². The highest BCUT2D eigenvalue weighted by Gasteiger charge is 2.02. The number of nitrogens with zero attached hydrogens (tertiary/aromatic N) is 2. The molecule has 0 aliphatic heterocycles. The lowest BCUT2D eigenvalue weighted by molar-refractivity contribution is 0.719. The summed E-state index contributed by atoms with van der Waals surface area (Å²) in [5.74, 6) is 0. The van der Waals surface area contributed by atoms with Crippen LogP contribution >= 0.6 is 15.9 Å². The Bertz CT molecular complexity index is 563. The van der Waals surface area contributed by atoms with E-state index in [0.29, 0.717) is 6.54 Å². The number of rotatable bonds is 2. The van der Waals surface area contributed by atoms with Crippen molar-refractivity contribution in [3.63, 3.8) is 0 Å². The molecule has 0 saturated carbocycles. The topological polar surface area (TPSA) is 34.9 Å². The van der Waals surface area contributed by atoms with Crippen molar-refractivity contribution in [2.24, 2.45) is 0 Å². The first kappa shape index (κ1) is 11.1. The zero-order chi connectivity index (χ0) is 11.5. The van der Waals surface area contributed by atoms with E-state index < -0.39 is 0 Å². The van der Waals surface area contributed by atoms with Crippen LogP contribution in [0.4, 0.5) is 0 Å². The van der Waals surface area contributed by atoms with Gasteiger partial charge in [-0.25, -0.2) is 9.78 Å². The van der Waals surface area contributed by atoms with E-state index in [1.807, 2.05) is 37.4 Å². The van der Waals surface area contributed by atoms with Crippen LogP contribution in [-0.4, -0.2) is 9.55 Å². The predicted molar refractivity (Wildman–Crippen MR) is 66.5 cm³/mol. The van der Waals surface area contributed by atoms with Gasteiger partial charge in [0.2, 0.25) is 0 Å². The van der Waals surface area contributed by atoms with Crippen LogP contribution in [0, 0.1) is 6.92 Å². The Balaban J connectivity index is 2.38. The van der Waals surface area contributed by atoms with Crippen LogP contribution in [-0.2, 0) is 6.54 Å². The number of benzene rings is 1. The van der Waals surface area contributed by atoms with E-state index in [-0.39, 0.29) is 5.69 Å². The van der Waals surface area contributed by atoms with Crippen molar-refractivity contribution in [3.05, 3.63) is 62.7 Å². The van der Waals surface area contributed by atoms with Gasteiger partial charge in [0.1, 0.15) is 0 Å². The highest BCUT2D eigenvalue weighted by molar-refractivity contribution is 9.10. The van der Waals surface area contributed by atoms with E-state index in [2.05, 4.69) is 20.9 Å². The van der Waals surface area contributed by atoms with Crippen molar-refractivity contribution in [1.29, 1.82) is 0 Å². The Kier molecular flexibility index (Phi) is 3.19. The Morgan fingerprint density at radius 1 is 1.38 bits per heavy atom. The van der Waals surface area contributed by atoms with Crippen LogP contribution in [0.5, 0.6) is 0 Å². The fraction of sp³-hybridized carbons (Fsp3) is 0.167. The lowest BCUT2D eigenvalue weighted by atomic mass is 10.2. The Morgan fingerprint density at radius 2 is 2.12 bits per heavy atom. The molecule has 0 saturated heterocycles. The second-order valence-electron chi connectivity index (χ2n) is 3.63. The maximum atomic E-state index is 11.5. The Labute approximate surface area is 102 Å². The third-order valence-corrected chi connectivity index (χ3v) is 3.06. The lowest BCUT2D eigenvalue weighted by Crippen LogP contribution is -2.22. The summed E-state index contributed by atoms with van der Waals surface area (Å²) in [6, 6.07) is 7.85. The average Bonchev–Trinajstić information content (AvgIpc) is 2.27. The van der Waals surface area contributed by atoms with E-state index in [1.165, 1.54) is 0 Å². The molecule has 0 spiro atoms. The molecule has 0 atom stereocenters. The molecule has 0 amide bonds. The fourth-order valence-corrected chi connectivity index (χ4v) is 1.90. The molecule has 0 aliphatic rings. The van der Waals surface area contributed by atoms with E-state index in [9.17, 15) is 4.79 Å². The molecule has 0 aliphatic carbocycles. The largest absolute Gasteiger partial charge is 0.347 e. The summed E-state index contributed by atoms with van der Waals surface area (Å²) in [5, 5.41) is 0. The molecule has 1 aromatic heterocycles. The van der Waals surface area contributed by atoms with Gasteiger partial charge < -0.3 is 0 Å². The minimum atomic E-state index is -0.221. The summed E-state index contributed by atoms with van der Waals surface area (Å²) in [4.78, 5) is 15.3. The van der Waals surface area contributed by atoms with Gasteiger partial charge in [0.05, 0.1) is 6.54 Å². The smallest absolute Gasteiger partial charge is 0.294 e. The van der Waals surface area contributed by atoms with E-state index >= 15 is 0 Å². The SMILES string of the molecule is Cc1cnc(=O)n(Cc2ccccc2Br)c1. The van der Waals surface area contributed by atoms with Gasteiger partial charge in [-0.3, -0.25) is 4.57 Å². The van der Waals surface area contributed by atoms with Crippen LogP contribution in [0.25, 0.3) is 0 Å². The van der Waals surface area contributed by atoms with Gasteiger partial charge in [0.25, 0.3) is 0 Å². The molecule has 0 bridgehead atoms. The van der Waals surface area contributed by atoms with Crippen LogP contribution in [0.1, 0.15) is 11.1 Å². The number of halogens is 1. The van der Waals surface area contributed by atoms with Gasteiger partial charge in [0.15, 0.2) is 0 Å². The highest BCUT2D eigenvalue weighted by Crippen LogP contribution is 2.16. The molecule has 2 aromatic rings. The minimum Gasteiger partial charge on any atom is -0.294 e. The van der Waals surface area contributed by atoms with Gasteiger partial charge in [-0.05, 0) is 24.1 Å². The van der Waals surface area contributed by atoms with Crippen molar-refractivity contribution < 1.29 is 0 Å². The molecule has 4 heteroatoms. The zero-order valence-corrected chi connectivity index (χ0v) is 10.4. The van der Waals surface area contributed by atoms with Crippen molar-refractivity contribution in [1.82, 2.24) is 9.55 Å². The molecular weight excluding hydrogens is 268 g/mol. The van der Waals surface area contributed by atoms with Crippen molar-refractivity contribution >= 4 is 15.9 Å². The maximum absolute atomic E-state index is 11.5. The molecule has 16 heavy (non-hydrogen) atoms.